The van der Waals surface area contributed by atoms with Crippen LogP contribution < -0.4 is 0 Å². The van der Waals surface area contributed by atoms with E-state index in [0.29, 0.717) is 37.7 Å². The van der Waals surface area contributed by atoms with E-state index < -0.39 is 41.5 Å². The number of Topliss-reactive ketones (excluding diaryl/α,β-unsaturated/α-hetero) is 1. The van der Waals surface area contributed by atoms with Crippen molar-refractivity contribution < 1.29 is 53.7 Å². The van der Waals surface area contributed by atoms with Crippen LogP contribution in [0.3, 0.4) is 0 Å². The number of carbonyl (C=O) groups is 2. The monoisotopic (exact) mass is 736 g/mol. The summed E-state index contributed by atoms with van der Waals surface area (Å²) in [4.78, 5) is 24.3. The van der Waals surface area contributed by atoms with Gasteiger partial charge in [0, 0.05) is 29.2 Å². The lowest BCUT2D eigenvalue weighted by Crippen LogP contribution is -2.57. The van der Waals surface area contributed by atoms with Crippen LogP contribution in [0.4, 0.5) is 0 Å². The largest absolute Gasteiger partial charge is 0.478 e. The number of hydrogen-bond donors (Lipinski definition) is 4. The van der Waals surface area contributed by atoms with E-state index in [-0.39, 0.29) is 77.7 Å². The molecule has 0 amide bonds. The van der Waals surface area contributed by atoms with Crippen molar-refractivity contribution in [1.29, 1.82) is 0 Å². The molecule has 4 N–H and O–H groups in total. The van der Waals surface area contributed by atoms with Crippen molar-refractivity contribution in [1.82, 2.24) is 0 Å². The first-order chi connectivity index (χ1) is 24.2. The van der Waals surface area contributed by atoms with Crippen LogP contribution in [0.15, 0.2) is 11.6 Å². The second kappa shape index (κ2) is 15.6. The molecule has 0 aromatic heterocycles. The molecule has 5 fully saturated rings. The quantitative estimate of drug-likeness (QED) is 0.179. The lowest BCUT2D eigenvalue weighted by atomic mass is 9.73. The Morgan fingerprint density at radius 2 is 1.62 bits per heavy atom. The number of allylic oxidation sites excluding steroid dienone is 1. The molecule has 5 aliphatic heterocycles. The average molecular weight is 737 g/mol. The molecule has 11 heteroatoms. The average Bonchev–Trinajstić information content (AvgIpc) is 3.73. The molecular formula is C41H68O11. The standard InChI is InChI=1S/C41H68O11/c1-22(15-25(4)37(45)46)11-12-30(44)18-31-19-32(29(8)43)28(7)41(49-31)27(6)20-39(10,52-41)34-13-14-38(9,50-34)36-24(3)17-33(48-36)35-23(2)16-26(5)40(47,21-42)51-35/h15,22-24,26-28,30-36,42,44,47H,11-14,16-21H2,1-10H3,(H,45,46)/t22?,23-,24-,26+,27+,28+,30?,31?,32+,33+,34?,35-,36?,38-,39-,40-,41?/m0/s1. The summed E-state index contributed by atoms with van der Waals surface area (Å²) in [5, 5.41) is 41.2. The number of carboxylic acids is 1. The summed E-state index contributed by atoms with van der Waals surface area (Å²) in [6.07, 6.45) is 5.54. The lowest BCUT2D eigenvalue weighted by molar-refractivity contribution is -0.343. The van der Waals surface area contributed by atoms with Gasteiger partial charge in [-0.3, -0.25) is 4.79 Å². The summed E-state index contributed by atoms with van der Waals surface area (Å²) in [7, 11) is 0. The number of aliphatic hydroxyl groups is 3. The Labute approximate surface area is 311 Å². The summed E-state index contributed by atoms with van der Waals surface area (Å²) in [5.74, 6) is -3.73. The van der Waals surface area contributed by atoms with Gasteiger partial charge in [-0.2, -0.15) is 0 Å². The molecule has 5 heterocycles. The first-order valence-electron chi connectivity index (χ1n) is 20.0. The van der Waals surface area contributed by atoms with Gasteiger partial charge in [-0.15, -0.1) is 0 Å². The maximum absolute atomic E-state index is 13.1. The first kappa shape index (κ1) is 41.7. The molecule has 1 spiro atoms. The minimum Gasteiger partial charge on any atom is -0.478 e. The van der Waals surface area contributed by atoms with E-state index in [1.54, 1.807) is 19.9 Å². The predicted molar refractivity (Wildman–Crippen MR) is 194 cm³/mol. The van der Waals surface area contributed by atoms with Gasteiger partial charge in [0.1, 0.15) is 5.78 Å². The third-order valence-corrected chi connectivity index (χ3v) is 13.8. The molecule has 0 bridgehead atoms. The lowest BCUT2D eigenvalue weighted by Gasteiger charge is -2.50. The number of ketones is 1. The predicted octanol–water partition coefficient (Wildman–Crippen LogP) is 5.80. The van der Waals surface area contributed by atoms with E-state index in [4.69, 9.17) is 23.7 Å². The number of rotatable bonds is 12. The van der Waals surface area contributed by atoms with E-state index in [2.05, 4.69) is 41.5 Å². The summed E-state index contributed by atoms with van der Waals surface area (Å²) in [6.45, 7) is 19.4. The molecule has 298 valence electrons. The Morgan fingerprint density at radius 3 is 2.25 bits per heavy atom. The highest BCUT2D eigenvalue weighted by molar-refractivity contribution is 5.85. The van der Waals surface area contributed by atoms with Crippen LogP contribution in [0.1, 0.15) is 127 Å². The molecule has 0 aromatic rings. The van der Waals surface area contributed by atoms with Gasteiger partial charge in [0.2, 0.25) is 0 Å². The summed E-state index contributed by atoms with van der Waals surface area (Å²) in [6, 6.07) is 0. The molecule has 0 radical (unpaired) electrons. The van der Waals surface area contributed by atoms with Crippen molar-refractivity contribution in [3.63, 3.8) is 0 Å². The van der Waals surface area contributed by atoms with Gasteiger partial charge >= 0.3 is 5.97 Å². The van der Waals surface area contributed by atoms with E-state index >= 15 is 0 Å². The first-order valence-corrected chi connectivity index (χ1v) is 20.0. The topological polar surface area (TPSA) is 161 Å². The Morgan fingerprint density at radius 1 is 0.923 bits per heavy atom. The van der Waals surface area contributed by atoms with Crippen molar-refractivity contribution in [2.45, 2.75) is 186 Å². The van der Waals surface area contributed by atoms with Crippen molar-refractivity contribution in [3.8, 4) is 0 Å². The number of aliphatic carboxylic acids is 1. The number of carbonyl (C=O) groups excluding carboxylic acids is 1. The van der Waals surface area contributed by atoms with Crippen LogP contribution in [-0.2, 0) is 33.3 Å². The zero-order chi connectivity index (χ0) is 38.6. The molecule has 0 saturated carbocycles. The Balaban J connectivity index is 1.26. The number of carboxylic acid groups (broad SMARTS) is 1. The second-order valence-corrected chi connectivity index (χ2v) is 18.3. The van der Waals surface area contributed by atoms with Gasteiger partial charge in [0.25, 0.3) is 0 Å². The van der Waals surface area contributed by atoms with Crippen molar-refractivity contribution in [2.24, 2.45) is 41.4 Å². The van der Waals surface area contributed by atoms with E-state index in [1.807, 2.05) is 13.8 Å². The molecule has 17 atom stereocenters. The zero-order valence-electron chi connectivity index (χ0n) is 33.3. The van der Waals surface area contributed by atoms with Crippen LogP contribution in [0, 0.1) is 41.4 Å². The van der Waals surface area contributed by atoms with Gasteiger partial charge in [-0.1, -0.05) is 47.6 Å². The molecule has 5 rings (SSSR count). The third kappa shape index (κ3) is 8.08. The van der Waals surface area contributed by atoms with E-state index in [9.17, 15) is 30.0 Å². The van der Waals surface area contributed by atoms with Crippen LogP contribution in [0.25, 0.3) is 0 Å². The minimum absolute atomic E-state index is 0.00750. The molecule has 11 nitrogen and oxygen atoms in total. The molecule has 6 unspecified atom stereocenters. The molecule has 5 saturated heterocycles. The Hall–Kier alpha value is -1.44. The highest BCUT2D eigenvalue weighted by Crippen LogP contribution is 2.57. The molecule has 0 aliphatic carbocycles. The van der Waals surface area contributed by atoms with Gasteiger partial charge in [-0.25, -0.2) is 4.79 Å². The molecule has 0 aromatic carbocycles. The highest BCUT2D eigenvalue weighted by atomic mass is 16.7. The van der Waals surface area contributed by atoms with Gasteiger partial charge in [-0.05, 0) is 103 Å². The van der Waals surface area contributed by atoms with Gasteiger partial charge < -0.3 is 44.1 Å². The Kier molecular flexibility index (Phi) is 12.5. The maximum Gasteiger partial charge on any atom is 0.330 e. The molecule has 5 aliphatic rings. The zero-order valence-corrected chi connectivity index (χ0v) is 33.3. The van der Waals surface area contributed by atoms with Gasteiger partial charge in [0.15, 0.2) is 11.6 Å². The van der Waals surface area contributed by atoms with Crippen molar-refractivity contribution >= 4 is 11.8 Å². The number of hydrogen-bond acceptors (Lipinski definition) is 10. The number of aliphatic hydroxyl groups excluding tert-OH is 2. The van der Waals surface area contributed by atoms with E-state index in [1.165, 1.54) is 0 Å². The fraction of sp³-hybridized carbons (Fsp3) is 0.902. The molecular weight excluding hydrogens is 668 g/mol. The van der Waals surface area contributed by atoms with Crippen LogP contribution >= 0.6 is 0 Å². The molecule has 52 heavy (non-hydrogen) atoms. The fourth-order valence-electron chi connectivity index (χ4n) is 10.7. The third-order valence-electron chi connectivity index (χ3n) is 13.8. The van der Waals surface area contributed by atoms with Crippen molar-refractivity contribution in [3.05, 3.63) is 11.6 Å². The smallest absolute Gasteiger partial charge is 0.330 e. The number of ether oxygens (including phenoxy) is 5. The summed E-state index contributed by atoms with van der Waals surface area (Å²) >= 11 is 0. The second-order valence-electron chi connectivity index (χ2n) is 18.3. The van der Waals surface area contributed by atoms with Crippen LogP contribution in [-0.4, -0.2) is 98.2 Å². The normalized spacial score (nSPS) is 48.2. The highest BCUT2D eigenvalue weighted by Gasteiger charge is 2.65. The minimum atomic E-state index is -1.57. The summed E-state index contributed by atoms with van der Waals surface area (Å²) < 4.78 is 34.0. The van der Waals surface area contributed by atoms with E-state index in [0.717, 1.165) is 25.7 Å². The van der Waals surface area contributed by atoms with Crippen LogP contribution in [0.5, 0.6) is 0 Å². The van der Waals surface area contributed by atoms with Crippen molar-refractivity contribution in [2.75, 3.05) is 6.61 Å². The summed E-state index contributed by atoms with van der Waals surface area (Å²) in [5.41, 5.74) is -0.941. The Bertz CT molecular complexity index is 1320. The fourth-order valence-corrected chi connectivity index (χ4v) is 10.7. The SMILES string of the molecule is CC(=O)[C@@H]1CC(CC(O)CCC(C)C=C(C)C(=O)O)OC2(O[C@](C)(C3CC[C@@](C)(C4O[C@@H]([C@H]5O[C@@](O)(CO)[C@H](C)C[C@@H]5C)C[C@@H]4C)O3)C[C@H]2C)[C@@H]1C. The maximum atomic E-state index is 13.1. The van der Waals surface area contributed by atoms with Gasteiger partial charge in [0.05, 0.1) is 54.4 Å². The van der Waals surface area contributed by atoms with Crippen LogP contribution in [0.2, 0.25) is 0 Å².